The summed E-state index contributed by atoms with van der Waals surface area (Å²) in [6.45, 7) is 3.72. The van der Waals surface area contributed by atoms with Crippen LogP contribution < -0.4 is 10.6 Å². The van der Waals surface area contributed by atoms with E-state index in [1.54, 1.807) is 12.4 Å². The summed E-state index contributed by atoms with van der Waals surface area (Å²) in [5, 5.41) is 12.2. The van der Waals surface area contributed by atoms with Crippen LogP contribution in [-0.4, -0.2) is 54.0 Å². The Bertz CT molecular complexity index is 596. The summed E-state index contributed by atoms with van der Waals surface area (Å²) < 4.78 is 5.43. The van der Waals surface area contributed by atoms with Gasteiger partial charge < -0.3 is 15.4 Å². The predicted octanol–water partition coefficient (Wildman–Crippen LogP) is 1.60. The van der Waals surface area contributed by atoms with Gasteiger partial charge in [0.05, 0.1) is 31.1 Å². The number of aromatic nitrogens is 2. The number of aromatic amines is 1. The summed E-state index contributed by atoms with van der Waals surface area (Å²) in [5.74, 6) is 0. The lowest BCUT2D eigenvalue weighted by Gasteiger charge is -2.34. The Morgan fingerprint density at radius 1 is 1.30 bits per heavy atom. The number of H-pyrrole nitrogens is 1. The van der Waals surface area contributed by atoms with Crippen LogP contribution in [-0.2, 0) is 4.74 Å². The second-order valence-electron chi connectivity index (χ2n) is 5.40. The molecule has 3 N–H and O–H groups in total. The van der Waals surface area contributed by atoms with E-state index in [2.05, 4.69) is 37.9 Å². The highest BCUT2D eigenvalue weighted by molar-refractivity contribution is 5.88. The Labute approximate surface area is 135 Å². The fraction of sp³-hybridized carbons (Fsp3) is 0.375. The van der Waals surface area contributed by atoms with Gasteiger partial charge in [-0.25, -0.2) is 4.79 Å². The molecule has 0 radical (unpaired) electrons. The first-order valence-corrected chi connectivity index (χ1v) is 7.73. The van der Waals surface area contributed by atoms with Crippen LogP contribution in [0.4, 0.5) is 10.5 Å². The number of amides is 2. The number of carbonyl (C=O) groups is 1. The van der Waals surface area contributed by atoms with Gasteiger partial charge in [0.2, 0.25) is 0 Å². The number of carbonyl (C=O) groups excluding carboxylic acids is 1. The number of nitrogens with zero attached hydrogens (tertiary/aromatic N) is 2. The van der Waals surface area contributed by atoms with Crippen molar-refractivity contribution in [3.63, 3.8) is 0 Å². The minimum atomic E-state index is -0.236. The van der Waals surface area contributed by atoms with Crippen molar-refractivity contribution in [3.05, 3.63) is 48.3 Å². The van der Waals surface area contributed by atoms with Crippen LogP contribution in [0.3, 0.4) is 0 Å². The number of nitrogens with one attached hydrogen (secondary N) is 3. The second kappa shape index (κ2) is 7.75. The summed E-state index contributed by atoms with van der Waals surface area (Å²) in [7, 11) is 0. The smallest absolute Gasteiger partial charge is 0.319 e. The van der Waals surface area contributed by atoms with E-state index in [9.17, 15) is 4.79 Å². The van der Waals surface area contributed by atoms with Gasteiger partial charge >= 0.3 is 6.03 Å². The van der Waals surface area contributed by atoms with E-state index < -0.39 is 0 Å². The molecule has 0 saturated carbocycles. The van der Waals surface area contributed by atoms with E-state index in [1.165, 1.54) is 5.56 Å². The van der Waals surface area contributed by atoms with E-state index in [0.29, 0.717) is 12.2 Å². The van der Waals surface area contributed by atoms with Crippen molar-refractivity contribution in [1.29, 1.82) is 0 Å². The Hall–Kier alpha value is -2.38. The molecule has 0 spiro atoms. The van der Waals surface area contributed by atoms with Gasteiger partial charge in [-0.2, -0.15) is 5.10 Å². The summed E-state index contributed by atoms with van der Waals surface area (Å²) in [4.78, 5) is 14.4. The first-order chi connectivity index (χ1) is 11.3. The minimum Gasteiger partial charge on any atom is -0.379 e. The van der Waals surface area contributed by atoms with Gasteiger partial charge in [-0.15, -0.1) is 0 Å². The van der Waals surface area contributed by atoms with Crippen LogP contribution >= 0.6 is 0 Å². The standard InChI is InChI=1S/C16H21N5O2/c22-16(20-14-10-18-19-11-14)17-12-15(13-4-2-1-3-5-13)21-6-8-23-9-7-21/h1-5,10-11,15H,6-9,12H2,(H,18,19)(H2,17,20,22)/t15-/m1/s1. The number of anilines is 1. The van der Waals surface area contributed by atoms with Gasteiger partial charge in [0, 0.05) is 25.8 Å². The van der Waals surface area contributed by atoms with Gasteiger partial charge in [0.1, 0.15) is 0 Å². The molecule has 3 rings (SSSR count). The maximum Gasteiger partial charge on any atom is 0.319 e. The molecule has 0 aliphatic carbocycles. The Morgan fingerprint density at radius 3 is 2.78 bits per heavy atom. The molecule has 7 heteroatoms. The van der Waals surface area contributed by atoms with E-state index in [1.807, 2.05) is 18.2 Å². The zero-order valence-electron chi connectivity index (χ0n) is 12.9. The highest BCUT2D eigenvalue weighted by atomic mass is 16.5. The van der Waals surface area contributed by atoms with Crippen LogP contribution in [0.2, 0.25) is 0 Å². The normalized spacial score (nSPS) is 16.7. The zero-order valence-corrected chi connectivity index (χ0v) is 12.9. The van der Waals surface area contributed by atoms with Crippen molar-refractivity contribution >= 4 is 11.7 Å². The maximum absolute atomic E-state index is 12.0. The van der Waals surface area contributed by atoms with Crippen LogP contribution in [0.1, 0.15) is 11.6 Å². The summed E-state index contributed by atoms with van der Waals surface area (Å²) in [6.07, 6.45) is 3.20. The van der Waals surface area contributed by atoms with Gasteiger partial charge in [0.15, 0.2) is 0 Å². The molecule has 1 fully saturated rings. The number of ether oxygens (including phenoxy) is 1. The van der Waals surface area contributed by atoms with Crippen molar-refractivity contribution < 1.29 is 9.53 Å². The Kier molecular flexibility index (Phi) is 5.23. The minimum absolute atomic E-state index is 0.134. The van der Waals surface area contributed by atoms with Gasteiger partial charge in [0.25, 0.3) is 0 Å². The molecule has 0 bridgehead atoms. The number of morpholine rings is 1. The topological polar surface area (TPSA) is 82.3 Å². The van der Waals surface area contributed by atoms with Gasteiger partial charge in [-0.05, 0) is 5.56 Å². The summed E-state index contributed by atoms with van der Waals surface area (Å²) in [6, 6.07) is 10.1. The average molecular weight is 315 g/mol. The molecule has 2 heterocycles. The number of benzene rings is 1. The van der Waals surface area contributed by atoms with Crippen molar-refractivity contribution in [2.24, 2.45) is 0 Å². The third kappa shape index (κ3) is 4.30. The molecule has 1 aliphatic rings. The van der Waals surface area contributed by atoms with E-state index in [4.69, 9.17) is 4.74 Å². The number of hydrogen-bond donors (Lipinski definition) is 3. The van der Waals surface area contributed by atoms with Gasteiger partial charge in [-0.3, -0.25) is 10.00 Å². The Morgan fingerprint density at radius 2 is 2.09 bits per heavy atom. The number of hydrogen-bond acceptors (Lipinski definition) is 4. The molecule has 2 amide bonds. The van der Waals surface area contributed by atoms with Crippen molar-refractivity contribution in [3.8, 4) is 0 Å². The zero-order chi connectivity index (χ0) is 15.9. The summed E-state index contributed by atoms with van der Waals surface area (Å²) >= 11 is 0. The fourth-order valence-electron chi connectivity index (χ4n) is 2.71. The van der Waals surface area contributed by atoms with Crippen LogP contribution in [0.25, 0.3) is 0 Å². The molecule has 23 heavy (non-hydrogen) atoms. The van der Waals surface area contributed by atoms with Crippen molar-refractivity contribution in [1.82, 2.24) is 20.4 Å². The molecular weight excluding hydrogens is 294 g/mol. The lowest BCUT2D eigenvalue weighted by molar-refractivity contribution is 0.0168. The first-order valence-electron chi connectivity index (χ1n) is 7.73. The maximum atomic E-state index is 12.0. The predicted molar refractivity (Wildman–Crippen MR) is 87.2 cm³/mol. The lowest BCUT2D eigenvalue weighted by Crippen LogP contribution is -2.44. The average Bonchev–Trinajstić information content (AvgIpc) is 3.10. The van der Waals surface area contributed by atoms with Gasteiger partial charge in [-0.1, -0.05) is 30.3 Å². The lowest BCUT2D eigenvalue weighted by atomic mass is 10.0. The van der Waals surface area contributed by atoms with Crippen LogP contribution in [0.5, 0.6) is 0 Å². The molecule has 1 aromatic carbocycles. The third-order valence-corrected chi connectivity index (χ3v) is 3.88. The molecule has 1 aromatic heterocycles. The summed E-state index contributed by atoms with van der Waals surface area (Å²) in [5.41, 5.74) is 1.84. The number of rotatable bonds is 5. The molecule has 1 saturated heterocycles. The largest absolute Gasteiger partial charge is 0.379 e. The SMILES string of the molecule is O=C(NC[C@H](c1ccccc1)N1CCOCC1)Nc1cn[nH]c1. The molecule has 0 unspecified atom stereocenters. The monoisotopic (exact) mass is 315 g/mol. The Balaban J connectivity index is 1.62. The molecule has 2 aromatic rings. The first kappa shape index (κ1) is 15.5. The number of urea groups is 1. The fourth-order valence-corrected chi connectivity index (χ4v) is 2.71. The molecule has 7 nitrogen and oxygen atoms in total. The molecule has 1 atom stereocenters. The highest BCUT2D eigenvalue weighted by Gasteiger charge is 2.23. The second-order valence-corrected chi connectivity index (χ2v) is 5.40. The van der Waals surface area contributed by atoms with Crippen molar-refractivity contribution in [2.45, 2.75) is 6.04 Å². The van der Waals surface area contributed by atoms with Crippen LogP contribution in [0, 0.1) is 0 Å². The molecular formula is C16H21N5O2. The quantitative estimate of drug-likeness (QED) is 0.783. The van der Waals surface area contributed by atoms with E-state index >= 15 is 0 Å². The molecule has 1 aliphatic heterocycles. The van der Waals surface area contributed by atoms with Crippen molar-refractivity contribution in [2.75, 3.05) is 38.2 Å². The highest BCUT2D eigenvalue weighted by Crippen LogP contribution is 2.21. The van der Waals surface area contributed by atoms with E-state index in [-0.39, 0.29) is 12.1 Å². The van der Waals surface area contributed by atoms with E-state index in [0.717, 1.165) is 26.3 Å². The third-order valence-electron chi connectivity index (χ3n) is 3.88. The van der Waals surface area contributed by atoms with Crippen LogP contribution in [0.15, 0.2) is 42.7 Å². The molecule has 122 valence electrons.